The molecule has 1 aromatic rings. The number of halogens is 2. The molecule has 0 fully saturated rings. The molecule has 0 aromatic heterocycles. The molecule has 1 rings (SSSR count). The molecule has 0 aliphatic heterocycles. The van der Waals surface area contributed by atoms with Crippen LogP contribution in [0, 0.1) is 0 Å². The van der Waals surface area contributed by atoms with Gasteiger partial charge in [-0.2, -0.15) is 0 Å². The Balaban J connectivity index is 0. The van der Waals surface area contributed by atoms with Gasteiger partial charge in [-0.25, -0.2) is 0 Å². The van der Waals surface area contributed by atoms with Gasteiger partial charge in [0, 0.05) is 25.8 Å². The minimum Gasteiger partial charge on any atom is -0.395 e. The van der Waals surface area contributed by atoms with Crippen molar-refractivity contribution in [1.82, 2.24) is 0 Å². The van der Waals surface area contributed by atoms with Gasteiger partial charge < -0.3 is 15.7 Å². The zero-order valence-electron chi connectivity index (χ0n) is 9.59. The summed E-state index contributed by atoms with van der Waals surface area (Å²) in [6.07, 6.45) is 0.726. The Morgan fingerprint density at radius 2 is 1.69 bits per heavy atom. The first-order valence-corrected chi connectivity index (χ1v) is 4.76. The number of hydrogen-bond donors (Lipinski definition) is 2. The average Bonchev–Trinajstić information content (AvgIpc) is 2.18. The number of aliphatic hydroxyl groups excluding tert-OH is 1. The zero-order chi connectivity index (χ0) is 10.6. The molecule has 0 bridgehead atoms. The number of nitrogens with two attached hydrogens (primary N) is 1. The molecule has 0 saturated carbocycles. The molecule has 3 N–H and O–H groups in total. The van der Waals surface area contributed by atoms with E-state index in [9.17, 15) is 0 Å². The SMILES string of the molecule is CN(C)c1ccc(CC(N)CO)cc1.Cl.Cl. The Bertz CT molecular complexity index is 278. The van der Waals surface area contributed by atoms with Crippen molar-refractivity contribution in [2.45, 2.75) is 12.5 Å². The monoisotopic (exact) mass is 266 g/mol. The van der Waals surface area contributed by atoms with E-state index in [0.717, 1.165) is 12.0 Å². The summed E-state index contributed by atoms with van der Waals surface area (Å²) in [5, 5.41) is 8.81. The molecule has 1 atom stereocenters. The van der Waals surface area contributed by atoms with E-state index in [4.69, 9.17) is 10.8 Å². The van der Waals surface area contributed by atoms with Crippen LogP contribution in [0.1, 0.15) is 5.56 Å². The Morgan fingerprint density at radius 3 is 2.06 bits per heavy atom. The van der Waals surface area contributed by atoms with Crippen molar-refractivity contribution in [2.24, 2.45) is 5.73 Å². The van der Waals surface area contributed by atoms with E-state index in [0.29, 0.717) is 0 Å². The van der Waals surface area contributed by atoms with Crippen molar-refractivity contribution in [3.8, 4) is 0 Å². The van der Waals surface area contributed by atoms with Crippen LogP contribution in [0.4, 0.5) is 5.69 Å². The summed E-state index contributed by atoms with van der Waals surface area (Å²) in [6.45, 7) is 0.0371. The lowest BCUT2D eigenvalue weighted by molar-refractivity contribution is 0.265. The number of hydrogen-bond acceptors (Lipinski definition) is 3. The van der Waals surface area contributed by atoms with E-state index >= 15 is 0 Å². The number of rotatable bonds is 4. The van der Waals surface area contributed by atoms with Crippen molar-refractivity contribution in [3.63, 3.8) is 0 Å². The maximum atomic E-state index is 8.81. The third-order valence-electron chi connectivity index (χ3n) is 2.19. The van der Waals surface area contributed by atoms with Crippen molar-refractivity contribution >= 4 is 30.5 Å². The highest BCUT2D eigenvalue weighted by Gasteiger charge is 2.02. The summed E-state index contributed by atoms with van der Waals surface area (Å²) in [7, 11) is 4.02. The molecule has 94 valence electrons. The molecule has 1 aromatic carbocycles. The van der Waals surface area contributed by atoms with Crippen LogP contribution in [0.25, 0.3) is 0 Å². The van der Waals surface area contributed by atoms with Crippen LogP contribution in [0.5, 0.6) is 0 Å². The van der Waals surface area contributed by atoms with Crippen molar-refractivity contribution < 1.29 is 5.11 Å². The maximum absolute atomic E-state index is 8.81. The van der Waals surface area contributed by atoms with E-state index in [1.165, 1.54) is 5.69 Å². The fourth-order valence-electron chi connectivity index (χ4n) is 1.30. The molecule has 16 heavy (non-hydrogen) atoms. The van der Waals surface area contributed by atoms with Gasteiger partial charge in [0.1, 0.15) is 0 Å². The normalized spacial score (nSPS) is 11.0. The highest BCUT2D eigenvalue weighted by molar-refractivity contribution is 5.85. The van der Waals surface area contributed by atoms with Gasteiger partial charge >= 0.3 is 0 Å². The van der Waals surface area contributed by atoms with E-state index in [1.54, 1.807) is 0 Å². The second kappa shape index (κ2) is 8.65. The summed E-state index contributed by atoms with van der Waals surface area (Å²) >= 11 is 0. The van der Waals surface area contributed by atoms with Gasteiger partial charge in [-0.1, -0.05) is 12.1 Å². The molecule has 3 nitrogen and oxygen atoms in total. The Morgan fingerprint density at radius 1 is 1.19 bits per heavy atom. The lowest BCUT2D eigenvalue weighted by Crippen LogP contribution is -2.26. The maximum Gasteiger partial charge on any atom is 0.0585 e. The van der Waals surface area contributed by atoms with Crippen LogP contribution in [0.15, 0.2) is 24.3 Å². The van der Waals surface area contributed by atoms with Crippen LogP contribution in [-0.4, -0.2) is 31.9 Å². The smallest absolute Gasteiger partial charge is 0.0585 e. The molecule has 0 aliphatic rings. The fraction of sp³-hybridized carbons (Fsp3) is 0.455. The van der Waals surface area contributed by atoms with E-state index in [1.807, 2.05) is 26.2 Å². The van der Waals surface area contributed by atoms with E-state index in [-0.39, 0.29) is 37.5 Å². The molecule has 0 aliphatic carbocycles. The highest BCUT2D eigenvalue weighted by Crippen LogP contribution is 2.12. The first-order valence-electron chi connectivity index (χ1n) is 4.76. The fourth-order valence-corrected chi connectivity index (χ4v) is 1.30. The largest absolute Gasteiger partial charge is 0.395 e. The first-order chi connectivity index (χ1) is 6.63. The minimum absolute atomic E-state index is 0. The second-order valence-electron chi connectivity index (χ2n) is 3.71. The van der Waals surface area contributed by atoms with Crippen LogP contribution < -0.4 is 10.6 Å². The minimum atomic E-state index is -0.153. The van der Waals surface area contributed by atoms with Crippen molar-refractivity contribution in [2.75, 3.05) is 25.6 Å². The second-order valence-corrected chi connectivity index (χ2v) is 3.71. The third-order valence-corrected chi connectivity index (χ3v) is 2.19. The topological polar surface area (TPSA) is 49.5 Å². The molecule has 5 heteroatoms. The quantitative estimate of drug-likeness (QED) is 0.868. The van der Waals surface area contributed by atoms with Gasteiger partial charge in [0.25, 0.3) is 0 Å². The molecular formula is C11H20Cl2N2O. The van der Waals surface area contributed by atoms with Crippen LogP contribution >= 0.6 is 24.8 Å². The summed E-state index contributed by atoms with van der Waals surface area (Å²) in [5.41, 5.74) is 7.98. The third kappa shape index (κ3) is 5.56. The Labute approximate surface area is 109 Å². The lowest BCUT2D eigenvalue weighted by Gasteiger charge is -2.13. The molecule has 0 heterocycles. The summed E-state index contributed by atoms with van der Waals surface area (Å²) < 4.78 is 0. The molecule has 0 radical (unpaired) electrons. The zero-order valence-corrected chi connectivity index (χ0v) is 11.2. The van der Waals surface area contributed by atoms with Crippen LogP contribution in [-0.2, 0) is 6.42 Å². The summed E-state index contributed by atoms with van der Waals surface area (Å²) in [4.78, 5) is 2.05. The molecule has 0 saturated heterocycles. The van der Waals surface area contributed by atoms with Gasteiger partial charge in [0.15, 0.2) is 0 Å². The van der Waals surface area contributed by atoms with Crippen LogP contribution in [0.2, 0.25) is 0 Å². The van der Waals surface area contributed by atoms with Gasteiger partial charge in [0.05, 0.1) is 6.61 Å². The molecule has 0 spiro atoms. The predicted octanol–water partition coefficient (Wildman–Crippen LogP) is 1.46. The highest BCUT2D eigenvalue weighted by atomic mass is 35.5. The van der Waals surface area contributed by atoms with Gasteiger partial charge in [0.2, 0.25) is 0 Å². The number of anilines is 1. The first kappa shape index (κ1) is 17.9. The van der Waals surface area contributed by atoms with Gasteiger partial charge in [-0.3, -0.25) is 0 Å². The Hall–Kier alpha value is -0.480. The van der Waals surface area contributed by atoms with Crippen molar-refractivity contribution in [3.05, 3.63) is 29.8 Å². The number of nitrogens with zero attached hydrogens (tertiary/aromatic N) is 1. The molecule has 1 unspecified atom stereocenters. The predicted molar refractivity (Wildman–Crippen MR) is 74.0 cm³/mol. The number of aliphatic hydroxyl groups is 1. The molecular weight excluding hydrogens is 247 g/mol. The van der Waals surface area contributed by atoms with E-state index in [2.05, 4.69) is 17.0 Å². The number of benzene rings is 1. The Kier molecular flexibility index (Phi) is 9.67. The van der Waals surface area contributed by atoms with Gasteiger partial charge in [-0.05, 0) is 24.1 Å². The van der Waals surface area contributed by atoms with Crippen LogP contribution in [0.3, 0.4) is 0 Å². The van der Waals surface area contributed by atoms with Crippen molar-refractivity contribution in [1.29, 1.82) is 0 Å². The lowest BCUT2D eigenvalue weighted by atomic mass is 10.1. The summed E-state index contributed by atoms with van der Waals surface area (Å²) in [6, 6.07) is 8.05. The summed E-state index contributed by atoms with van der Waals surface area (Å²) in [5.74, 6) is 0. The average molecular weight is 267 g/mol. The van der Waals surface area contributed by atoms with E-state index < -0.39 is 0 Å². The standard InChI is InChI=1S/C11H18N2O.2ClH/c1-13(2)11-5-3-9(4-6-11)7-10(12)8-14;;/h3-6,10,14H,7-8,12H2,1-2H3;2*1H. The molecule has 0 amide bonds. The van der Waals surface area contributed by atoms with Gasteiger partial charge in [-0.15, -0.1) is 24.8 Å².